The predicted octanol–water partition coefficient (Wildman–Crippen LogP) is 2.69. The molecule has 1 aliphatic rings. The molecule has 1 aromatic rings. The van der Waals surface area contributed by atoms with E-state index in [0.29, 0.717) is 5.78 Å². The van der Waals surface area contributed by atoms with Gasteiger partial charge in [-0.15, -0.1) is 11.3 Å². The van der Waals surface area contributed by atoms with Crippen LogP contribution in [0.15, 0.2) is 15.9 Å². The fraction of sp³-hybridized carbons (Fsp3) is 0.500. The maximum Gasteiger partial charge on any atom is 0.177 e. The lowest BCUT2D eigenvalue weighted by atomic mass is 9.94. The number of halogens is 1. The maximum atomic E-state index is 12.0. The molecule has 0 spiro atoms. The number of hydrogen-bond acceptors (Lipinski definition) is 3. The van der Waals surface area contributed by atoms with E-state index in [1.54, 1.807) is 0 Å². The van der Waals surface area contributed by atoms with Crippen molar-refractivity contribution in [2.24, 2.45) is 5.92 Å². The van der Waals surface area contributed by atoms with Crippen molar-refractivity contribution in [3.05, 3.63) is 20.8 Å². The summed E-state index contributed by atoms with van der Waals surface area (Å²) in [6, 6.07) is 1.92. The zero-order valence-corrected chi connectivity index (χ0v) is 10.2. The van der Waals surface area contributed by atoms with Crippen LogP contribution in [0.25, 0.3) is 0 Å². The van der Waals surface area contributed by atoms with Gasteiger partial charge in [0.2, 0.25) is 0 Å². The SMILES string of the molecule is O=C(c1cc(Br)cs1)C1CCCNC1. The Morgan fingerprint density at radius 3 is 3.07 bits per heavy atom. The van der Waals surface area contributed by atoms with Gasteiger partial charge in [0.1, 0.15) is 0 Å². The molecule has 2 heterocycles. The molecule has 1 unspecified atom stereocenters. The van der Waals surface area contributed by atoms with Gasteiger partial charge < -0.3 is 5.32 Å². The number of ketones is 1. The van der Waals surface area contributed by atoms with Crippen molar-refractivity contribution in [2.75, 3.05) is 13.1 Å². The third kappa shape index (κ3) is 2.24. The highest BCUT2D eigenvalue weighted by molar-refractivity contribution is 9.10. The smallest absolute Gasteiger partial charge is 0.177 e. The number of carbonyl (C=O) groups is 1. The van der Waals surface area contributed by atoms with Crippen molar-refractivity contribution in [2.45, 2.75) is 12.8 Å². The molecule has 1 fully saturated rings. The van der Waals surface area contributed by atoms with Gasteiger partial charge in [-0.05, 0) is 41.4 Å². The summed E-state index contributed by atoms with van der Waals surface area (Å²) in [6.45, 7) is 1.90. The molecular weight excluding hydrogens is 262 g/mol. The van der Waals surface area contributed by atoms with Crippen molar-refractivity contribution in [1.82, 2.24) is 5.32 Å². The summed E-state index contributed by atoms with van der Waals surface area (Å²) in [5.74, 6) is 0.488. The molecule has 4 heteroatoms. The van der Waals surface area contributed by atoms with Crippen LogP contribution < -0.4 is 5.32 Å². The van der Waals surface area contributed by atoms with E-state index in [2.05, 4.69) is 21.2 Å². The van der Waals surface area contributed by atoms with Gasteiger partial charge in [-0.25, -0.2) is 0 Å². The fourth-order valence-electron chi connectivity index (χ4n) is 1.72. The van der Waals surface area contributed by atoms with Crippen LogP contribution in [-0.4, -0.2) is 18.9 Å². The van der Waals surface area contributed by atoms with Crippen molar-refractivity contribution in [3.63, 3.8) is 0 Å². The van der Waals surface area contributed by atoms with Gasteiger partial charge in [-0.2, -0.15) is 0 Å². The Bertz CT molecular complexity index is 331. The zero-order chi connectivity index (χ0) is 9.97. The molecule has 14 heavy (non-hydrogen) atoms. The second kappa shape index (κ2) is 4.55. The van der Waals surface area contributed by atoms with Crippen LogP contribution >= 0.6 is 27.3 Å². The van der Waals surface area contributed by atoms with Crippen molar-refractivity contribution in [1.29, 1.82) is 0 Å². The molecule has 0 bridgehead atoms. The Morgan fingerprint density at radius 1 is 1.64 bits per heavy atom. The van der Waals surface area contributed by atoms with Gasteiger partial charge in [-0.3, -0.25) is 4.79 Å². The normalized spacial score (nSPS) is 22.2. The van der Waals surface area contributed by atoms with E-state index in [1.165, 1.54) is 11.3 Å². The third-order valence-electron chi connectivity index (χ3n) is 2.48. The first kappa shape index (κ1) is 10.3. The van der Waals surface area contributed by atoms with Crippen LogP contribution in [-0.2, 0) is 0 Å². The van der Waals surface area contributed by atoms with Crippen molar-refractivity contribution >= 4 is 33.0 Å². The largest absolute Gasteiger partial charge is 0.316 e. The summed E-state index contributed by atoms with van der Waals surface area (Å²) >= 11 is 4.89. The molecule has 1 aliphatic heterocycles. The van der Waals surface area contributed by atoms with Crippen LogP contribution in [0.4, 0.5) is 0 Å². The lowest BCUT2D eigenvalue weighted by Crippen LogP contribution is -2.34. The molecule has 2 nitrogen and oxygen atoms in total. The minimum Gasteiger partial charge on any atom is -0.316 e. The number of piperidine rings is 1. The summed E-state index contributed by atoms with van der Waals surface area (Å²) < 4.78 is 1.01. The molecule has 1 aromatic heterocycles. The summed E-state index contributed by atoms with van der Waals surface area (Å²) in [6.07, 6.45) is 2.14. The van der Waals surface area contributed by atoms with Crippen LogP contribution in [0, 0.1) is 5.92 Å². The molecule has 1 N–H and O–H groups in total. The molecule has 76 valence electrons. The minimum absolute atomic E-state index is 0.189. The summed E-state index contributed by atoms with van der Waals surface area (Å²) in [5.41, 5.74) is 0. The molecule has 0 radical (unpaired) electrons. The predicted molar refractivity (Wildman–Crippen MR) is 61.9 cm³/mol. The van der Waals surface area contributed by atoms with Gasteiger partial charge in [-0.1, -0.05) is 0 Å². The van der Waals surface area contributed by atoms with Crippen LogP contribution in [0.1, 0.15) is 22.5 Å². The first-order chi connectivity index (χ1) is 6.77. The molecule has 0 aliphatic carbocycles. The van der Waals surface area contributed by atoms with Gasteiger partial charge in [0, 0.05) is 22.3 Å². The van der Waals surface area contributed by atoms with Crippen LogP contribution in [0.3, 0.4) is 0 Å². The van der Waals surface area contributed by atoms with Gasteiger partial charge in [0.15, 0.2) is 5.78 Å². The number of thiophene rings is 1. The Hall–Kier alpha value is -0.190. The molecule has 0 saturated carbocycles. The van der Waals surface area contributed by atoms with Crippen molar-refractivity contribution < 1.29 is 4.79 Å². The van der Waals surface area contributed by atoms with E-state index in [9.17, 15) is 4.79 Å². The first-order valence-corrected chi connectivity index (χ1v) is 6.43. The topological polar surface area (TPSA) is 29.1 Å². The van der Waals surface area contributed by atoms with E-state index in [4.69, 9.17) is 0 Å². The van der Waals surface area contributed by atoms with Crippen LogP contribution in [0.2, 0.25) is 0 Å². The lowest BCUT2D eigenvalue weighted by Gasteiger charge is -2.20. The van der Waals surface area contributed by atoms with Gasteiger partial charge in [0.25, 0.3) is 0 Å². The molecular formula is C10H12BrNOS. The highest BCUT2D eigenvalue weighted by atomic mass is 79.9. The standard InChI is InChI=1S/C10H12BrNOS/c11-8-4-9(14-6-8)10(13)7-2-1-3-12-5-7/h4,6-7,12H,1-3,5H2. The molecule has 1 saturated heterocycles. The molecule has 2 rings (SSSR count). The summed E-state index contributed by atoms with van der Waals surface area (Å²) in [7, 11) is 0. The average molecular weight is 274 g/mol. The van der Waals surface area contributed by atoms with Gasteiger partial charge >= 0.3 is 0 Å². The quantitative estimate of drug-likeness (QED) is 0.840. The summed E-state index contributed by atoms with van der Waals surface area (Å²) in [5, 5.41) is 5.23. The zero-order valence-electron chi connectivity index (χ0n) is 7.75. The lowest BCUT2D eigenvalue weighted by molar-refractivity contribution is 0.0904. The molecule has 1 atom stereocenters. The van der Waals surface area contributed by atoms with E-state index < -0.39 is 0 Å². The first-order valence-electron chi connectivity index (χ1n) is 4.76. The highest BCUT2D eigenvalue weighted by Crippen LogP contribution is 2.24. The molecule has 0 aromatic carbocycles. The van der Waals surface area contributed by atoms with Gasteiger partial charge in [0.05, 0.1) is 4.88 Å². The Labute approximate surface area is 95.8 Å². The number of nitrogens with one attached hydrogen (secondary N) is 1. The van der Waals surface area contributed by atoms with E-state index in [-0.39, 0.29) is 5.92 Å². The number of Topliss-reactive ketones (excluding diaryl/α,β-unsaturated/α-hetero) is 1. The Morgan fingerprint density at radius 2 is 2.50 bits per heavy atom. The Balaban J connectivity index is 2.07. The van der Waals surface area contributed by atoms with E-state index >= 15 is 0 Å². The van der Waals surface area contributed by atoms with E-state index in [1.807, 2.05) is 11.4 Å². The second-order valence-corrected chi connectivity index (χ2v) is 5.36. The second-order valence-electron chi connectivity index (χ2n) is 3.54. The monoisotopic (exact) mass is 273 g/mol. The minimum atomic E-state index is 0.189. The third-order valence-corrected chi connectivity index (χ3v) is 4.18. The van der Waals surface area contributed by atoms with Crippen LogP contribution in [0.5, 0.6) is 0 Å². The Kier molecular flexibility index (Phi) is 3.36. The summed E-state index contributed by atoms with van der Waals surface area (Å²) in [4.78, 5) is 12.8. The fourth-order valence-corrected chi connectivity index (χ4v) is 3.17. The number of carbonyl (C=O) groups excluding carboxylic acids is 1. The number of rotatable bonds is 2. The average Bonchev–Trinajstić information content (AvgIpc) is 2.65. The molecule has 0 amide bonds. The van der Waals surface area contributed by atoms with E-state index in [0.717, 1.165) is 35.3 Å². The highest BCUT2D eigenvalue weighted by Gasteiger charge is 2.22. The maximum absolute atomic E-state index is 12.0. The van der Waals surface area contributed by atoms with Crippen molar-refractivity contribution in [3.8, 4) is 0 Å². The number of hydrogen-bond donors (Lipinski definition) is 1.